The van der Waals surface area contributed by atoms with E-state index < -0.39 is 0 Å². The van der Waals surface area contributed by atoms with E-state index >= 15 is 0 Å². The number of carbonyl (C=O) groups excluding carboxylic acids is 1. The first-order chi connectivity index (χ1) is 13.7. The second-order valence-electron chi connectivity index (χ2n) is 7.12. The molecule has 0 bridgehead atoms. The minimum Gasteiger partial charge on any atom is -0.352 e. The van der Waals surface area contributed by atoms with Gasteiger partial charge in [0.05, 0.1) is 5.92 Å². The molecule has 2 nitrogen and oxygen atoms in total. The van der Waals surface area contributed by atoms with Gasteiger partial charge in [-0.05, 0) is 39.1 Å². The fourth-order valence-corrected chi connectivity index (χ4v) is 3.96. The minimum absolute atomic E-state index is 0.0519. The Balaban J connectivity index is 1.46. The highest BCUT2D eigenvalue weighted by Gasteiger charge is 2.17. The summed E-state index contributed by atoms with van der Waals surface area (Å²) in [5, 5.41) is 7.90. The van der Waals surface area contributed by atoms with Crippen LogP contribution in [-0.4, -0.2) is 11.7 Å². The third-order valence-corrected chi connectivity index (χ3v) is 5.66. The average Bonchev–Trinajstić information content (AvgIpc) is 2.75. The lowest BCUT2D eigenvalue weighted by atomic mass is 9.97. The molecule has 140 valence electrons. The fourth-order valence-electron chi connectivity index (χ4n) is 3.66. The van der Waals surface area contributed by atoms with Crippen molar-refractivity contribution in [3.8, 4) is 0 Å². The van der Waals surface area contributed by atoms with E-state index in [9.17, 15) is 4.79 Å². The lowest BCUT2D eigenvalue weighted by Crippen LogP contribution is -2.32. The number of hydrogen-bond acceptors (Lipinski definition) is 2. The Kier molecular flexibility index (Phi) is 5.63. The molecule has 1 unspecified atom stereocenters. The van der Waals surface area contributed by atoms with Crippen molar-refractivity contribution in [2.24, 2.45) is 5.92 Å². The van der Waals surface area contributed by atoms with Crippen LogP contribution in [0.4, 0.5) is 0 Å². The maximum Gasteiger partial charge on any atom is 0.224 e. The predicted molar refractivity (Wildman–Crippen MR) is 121 cm³/mol. The standard InChI is InChI=1S/C25H23NOS/c27-25(26-16-22-10-5-9-20-7-3-4-11-24(20)22)23(17-28)15-18-12-13-19-6-1-2-8-21(19)14-18/h1-14,23,28H,15-17H2,(H,26,27). The molecule has 1 amide bonds. The van der Waals surface area contributed by atoms with Crippen molar-refractivity contribution in [2.45, 2.75) is 13.0 Å². The first kappa shape index (κ1) is 18.6. The van der Waals surface area contributed by atoms with Crippen molar-refractivity contribution in [3.05, 3.63) is 96.1 Å². The second kappa shape index (κ2) is 8.49. The summed E-state index contributed by atoms with van der Waals surface area (Å²) in [5.41, 5.74) is 2.30. The Labute approximate surface area is 171 Å². The molecule has 4 aromatic rings. The zero-order chi connectivity index (χ0) is 19.3. The lowest BCUT2D eigenvalue weighted by Gasteiger charge is -2.16. The van der Waals surface area contributed by atoms with E-state index in [0.29, 0.717) is 18.7 Å². The largest absolute Gasteiger partial charge is 0.352 e. The Bertz CT molecular complexity index is 1120. The van der Waals surface area contributed by atoms with Crippen molar-refractivity contribution in [1.82, 2.24) is 5.32 Å². The topological polar surface area (TPSA) is 29.1 Å². The second-order valence-corrected chi connectivity index (χ2v) is 7.49. The van der Waals surface area contributed by atoms with Crippen molar-refractivity contribution in [1.29, 1.82) is 0 Å². The van der Waals surface area contributed by atoms with Gasteiger partial charge in [0.1, 0.15) is 0 Å². The summed E-state index contributed by atoms with van der Waals surface area (Å²) in [6.45, 7) is 0.530. The third-order valence-electron chi connectivity index (χ3n) is 5.22. The van der Waals surface area contributed by atoms with Gasteiger partial charge in [0.2, 0.25) is 5.91 Å². The molecule has 1 N–H and O–H groups in total. The van der Waals surface area contributed by atoms with Crippen LogP contribution in [0.15, 0.2) is 84.9 Å². The van der Waals surface area contributed by atoms with Gasteiger partial charge in [0.25, 0.3) is 0 Å². The summed E-state index contributed by atoms with van der Waals surface area (Å²) in [4.78, 5) is 12.8. The molecule has 1 atom stereocenters. The van der Waals surface area contributed by atoms with Gasteiger partial charge < -0.3 is 5.32 Å². The van der Waals surface area contributed by atoms with Crippen molar-refractivity contribution in [2.75, 3.05) is 5.75 Å². The van der Waals surface area contributed by atoms with E-state index in [1.165, 1.54) is 21.5 Å². The van der Waals surface area contributed by atoms with Gasteiger partial charge in [-0.1, -0.05) is 84.9 Å². The highest BCUT2D eigenvalue weighted by Crippen LogP contribution is 2.20. The lowest BCUT2D eigenvalue weighted by molar-refractivity contribution is -0.124. The number of nitrogens with one attached hydrogen (secondary N) is 1. The van der Waals surface area contributed by atoms with Gasteiger partial charge in [-0.25, -0.2) is 0 Å². The predicted octanol–water partition coefficient (Wildman–Crippen LogP) is 5.40. The van der Waals surface area contributed by atoms with Crippen LogP contribution in [0.3, 0.4) is 0 Å². The van der Waals surface area contributed by atoms with Crippen molar-refractivity contribution < 1.29 is 4.79 Å². The fraction of sp³-hybridized carbons (Fsp3) is 0.160. The van der Waals surface area contributed by atoms with Gasteiger partial charge in [-0.3, -0.25) is 4.79 Å². The van der Waals surface area contributed by atoms with Crippen LogP contribution in [0.1, 0.15) is 11.1 Å². The first-order valence-electron chi connectivity index (χ1n) is 9.57. The van der Waals surface area contributed by atoms with Gasteiger partial charge >= 0.3 is 0 Å². The molecular weight excluding hydrogens is 362 g/mol. The van der Waals surface area contributed by atoms with E-state index in [1.54, 1.807) is 0 Å². The van der Waals surface area contributed by atoms with Gasteiger partial charge in [-0.2, -0.15) is 12.6 Å². The number of benzene rings is 4. The maximum atomic E-state index is 12.8. The number of hydrogen-bond donors (Lipinski definition) is 2. The van der Waals surface area contributed by atoms with Crippen molar-refractivity contribution >= 4 is 40.1 Å². The Morgan fingerprint density at radius 3 is 2.36 bits per heavy atom. The highest BCUT2D eigenvalue weighted by atomic mass is 32.1. The number of amides is 1. The quantitative estimate of drug-likeness (QED) is 0.428. The summed E-state index contributed by atoms with van der Waals surface area (Å²) in [6, 6.07) is 29.1. The zero-order valence-electron chi connectivity index (χ0n) is 15.6. The molecule has 0 spiro atoms. The number of fused-ring (bicyclic) bond motifs is 2. The molecule has 0 fully saturated rings. The van der Waals surface area contributed by atoms with Crippen LogP contribution in [0.5, 0.6) is 0 Å². The SMILES string of the molecule is O=C(NCc1cccc2ccccc12)C(CS)Cc1ccc2ccccc2c1. The van der Waals surface area contributed by atoms with Crippen LogP contribution < -0.4 is 5.32 Å². The molecular formula is C25H23NOS. The Morgan fingerprint density at radius 1 is 0.821 bits per heavy atom. The highest BCUT2D eigenvalue weighted by molar-refractivity contribution is 7.80. The minimum atomic E-state index is -0.153. The molecule has 0 saturated carbocycles. The van der Waals surface area contributed by atoms with Crippen LogP contribution >= 0.6 is 12.6 Å². The van der Waals surface area contributed by atoms with Crippen LogP contribution in [0.2, 0.25) is 0 Å². The average molecular weight is 386 g/mol. The number of rotatable bonds is 6. The maximum absolute atomic E-state index is 12.8. The summed E-state index contributed by atoms with van der Waals surface area (Å²) >= 11 is 4.44. The monoisotopic (exact) mass is 385 g/mol. The van der Waals surface area contributed by atoms with Gasteiger partial charge in [0, 0.05) is 12.3 Å². The van der Waals surface area contributed by atoms with E-state index in [0.717, 1.165) is 11.1 Å². The molecule has 0 aliphatic rings. The molecule has 0 heterocycles. The van der Waals surface area contributed by atoms with Gasteiger partial charge in [-0.15, -0.1) is 0 Å². The molecule has 3 heteroatoms. The normalized spacial score (nSPS) is 12.2. The summed E-state index contributed by atoms with van der Waals surface area (Å²) in [7, 11) is 0. The Morgan fingerprint density at radius 2 is 1.54 bits per heavy atom. The smallest absolute Gasteiger partial charge is 0.224 e. The molecule has 0 aromatic heterocycles. The van der Waals surface area contributed by atoms with Crippen molar-refractivity contribution in [3.63, 3.8) is 0 Å². The third kappa shape index (κ3) is 4.05. The molecule has 0 radical (unpaired) electrons. The van der Waals surface area contributed by atoms with Gasteiger partial charge in [0.15, 0.2) is 0 Å². The zero-order valence-corrected chi connectivity index (χ0v) is 16.5. The van der Waals surface area contributed by atoms with E-state index in [1.807, 2.05) is 30.3 Å². The summed E-state index contributed by atoms with van der Waals surface area (Å²) < 4.78 is 0. The van der Waals surface area contributed by atoms with Crippen LogP contribution in [0.25, 0.3) is 21.5 Å². The van der Waals surface area contributed by atoms with Crippen LogP contribution in [-0.2, 0) is 17.8 Å². The van der Waals surface area contributed by atoms with E-state index in [-0.39, 0.29) is 11.8 Å². The molecule has 28 heavy (non-hydrogen) atoms. The number of thiol groups is 1. The molecule has 4 aromatic carbocycles. The molecule has 0 aliphatic carbocycles. The van der Waals surface area contributed by atoms with Crippen LogP contribution in [0, 0.1) is 5.92 Å². The van der Waals surface area contributed by atoms with E-state index in [4.69, 9.17) is 0 Å². The number of carbonyl (C=O) groups is 1. The summed E-state index contributed by atoms with van der Waals surface area (Å²) in [5.74, 6) is 0.421. The van der Waals surface area contributed by atoms with E-state index in [2.05, 4.69) is 72.5 Å². The first-order valence-corrected chi connectivity index (χ1v) is 10.2. The summed E-state index contributed by atoms with van der Waals surface area (Å²) in [6.07, 6.45) is 0.690. The Hall–Kier alpha value is -2.78. The molecule has 0 saturated heterocycles. The molecule has 4 rings (SSSR count). The molecule has 0 aliphatic heterocycles.